The van der Waals surface area contributed by atoms with Crippen molar-refractivity contribution < 1.29 is 9.59 Å². The third kappa shape index (κ3) is 4.08. The van der Waals surface area contributed by atoms with E-state index in [1.807, 2.05) is 0 Å². The van der Waals surface area contributed by atoms with Crippen LogP contribution in [0.5, 0.6) is 0 Å². The zero-order valence-corrected chi connectivity index (χ0v) is 15.7. The molecule has 2 heterocycles. The molecule has 136 valence electrons. The second-order valence-electron chi connectivity index (χ2n) is 5.95. The van der Waals surface area contributed by atoms with Crippen LogP contribution in [0.3, 0.4) is 0 Å². The monoisotopic (exact) mass is 392 g/mol. The van der Waals surface area contributed by atoms with Gasteiger partial charge in [-0.2, -0.15) is 0 Å². The molecule has 0 spiro atoms. The number of pyridine rings is 1. The Labute approximate surface area is 161 Å². The molecule has 1 N–H and O–H groups in total. The van der Waals surface area contributed by atoms with Crippen molar-refractivity contribution in [2.45, 2.75) is 6.92 Å². The summed E-state index contributed by atoms with van der Waals surface area (Å²) in [5, 5.41) is 4.00. The Kier molecular flexibility index (Phi) is 5.64. The third-order valence-corrected chi connectivity index (χ3v) is 4.86. The summed E-state index contributed by atoms with van der Waals surface area (Å²) in [6.45, 7) is 3.66. The maximum atomic E-state index is 12.7. The number of carbonyl (C=O) groups excluding carboxylic acids is 2. The lowest BCUT2D eigenvalue weighted by atomic mass is 10.2. The molecule has 1 aromatic heterocycles. The van der Waals surface area contributed by atoms with Gasteiger partial charge in [-0.3, -0.25) is 9.59 Å². The van der Waals surface area contributed by atoms with Crippen molar-refractivity contribution in [1.82, 2.24) is 14.8 Å². The summed E-state index contributed by atoms with van der Waals surface area (Å²) in [6, 6.07) is 8.53. The Hall–Kier alpha value is -2.31. The van der Waals surface area contributed by atoms with Crippen molar-refractivity contribution in [1.29, 1.82) is 0 Å². The molecule has 0 bridgehead atoms. The first-order valence-electron chi connectivity index (χ1n) is 8.17. The zero-order chi connectivity index (χ0) is 18.7. The van der Waals surface area contributed by atoms with Crippen LogP contribution in [-0.4, -0.2) is 52.8 Å². The second-order valence-corrected chi connectivity index (χ2v) is 6.76. The van der Waals surface area contributed by atoms with E-state index in [0.29, 0.717) is 53.3 Å². The summed E-state index contributed by atoms with van der Waals surface area (Å²) in [5.74, 6) is 0.418. The van der Waals surface area contributed by atoms with Gasteiger partial charge in [0.15, 0.2) is 0 Å². The lowest BCUT2D eigenvalue weighted by molar-refractivity contribution is -0.130. The Morgan fingerprint density at radius 1 is 1.04 bits per heavy atom. The molecule has 0 aliphatic carbocycles. The van der Waals surface area contributed by atoms with Gasteiger partial charge in [-0.25, -0.2) is 4.98 Å². The number of rotatable bonds is 3. The van der Waals surface area contributed by atoms with E-state index in [2.05, 4.69) is 10.3 Å². The topological polar surface area (TPSA) is 65.5 Å². The third-order valence-electron chi connectivity index (χ3n) is 4.23. The van der Waals surface area contributed by atoms with E-state index in [0.717, 1.165) is 0 Å². The first kappa shape index (κ1) is 18.5. The number of nitrogens with zero attached hydrogens (tertiary/aromatic N) is 3. The molecule has 6 nitrogen and oxygen atoms in total. The van der Waals surface area contributed by atoms with E-state index < -0.39 is 0 Å². The van der Waals surface area contributed by atoms with E-state index in [9.17, 15) is 9.59 Å². The zero-order valence-electron chi connectivity index (χ0n) is 14.2. The Morgan fingerprint density at radius 3 is 2.27 bits per heavy atom. The van der Waals surface area contributed by atoms with Crippen molar-refractivity contribution >= 4 is 46.5 Å². The molecule has 1 saturated heterocycles. The molecular formula is C18H18Cl2N4O2. The molecule has 8 heteroatoms. The average molecular weight is 393 g/mol. The smallest absolute Gasteiger partial charge is 0.254 e. The molecule has 2 amide bonds. The van der Waals surface area contributed by atoms with Gasteiger partial charge in [-0.15, -0.1) is 0 Å². The fourth-order valence-electron chi connectivity index (χ4n) is 2.78. The van der Waals surface area contributed by atoms with Crippen LogP contribution in [0.15, 0.2) is 36.5 Å². The van der Waals surface area contributed by atoms with E-state index in [1.54, 1.807) is 46.3 Å². The van der Waals surface area contributed by atoms with Crippen LogP contribution < -0.4 is 5.32 Å². The number of hydrogen-bond acceptors (Lipinski definition) is 4. The lowest BCUT2D eigenvalue weighted by Gasteiger charge is -2.34. The number of anilines is 2. The van der Waals surface area contributed by atoms with E-state index >= 15 is 0 Å². The van der Waals surface area contributed by atoms with Gasteiger partial charge in [0.05, 0.1) is 15.7 Å². The van der Waals surface area contributed by atoms with E-state index in [-0.39, 0.29) is 11.8 Å². The van der Waals surface area contributed by atoms with Crippen LogP contribution in [0, 0.1) is 0 Å². The molecule has 0 radical (unpaired) electrons. The first-order chi connectivity index (χ1) is 12.5. The lowest BCUT2D eigenvalue weighted by Crippen LogP contribution is -2.50. The molecule has 1 aromatic carbocycles. The predicted molar refractivity (Wildman–Crippen MR) is 102 cm³/mol. The fraction of sp³-hybridized carbons (Fsp3) is 0.278. The van der Waals surface area contributed by atoms with Crippen molar-refractivity contribution in [2.75, 3.05) is 31.5 Å². The quantitative estimate of drug-likeness (QED) is 0.868. The van der Waals surface area contributed by atoms with Crippen molar-refractivity contribution in [3.05, 3.63) is 52.1 Å². The molecule has 0 atom stereocenters. The number of benzene rings is 1. The summed E-state index contributed by atoms with van der Waals surface area (Å²) < 4.78 is 0. The summed E-state index contributed by atoms with van der Waals surface area (Å²) in [4.78, 5) is 31.8. The van der Waals surface area contributed by atoms with Crippen LogP contribution in [-0.2, 0) is 4.79 Å². The molecule has 0 unspecified atom stereocenters. The molecule has 1 aliphatic rings. The minimum Gasteiger partial charge on any atom is -0.339 e. The standard InChI is InChI=1S/C18H18Cl2N4O2/c1-12(25)23-7-9-24(10-8-23)18(26)13-5-6-21-16(11-13)22-17-14(19)3-2-4-15(17)20/h2-6,11H,7-10H2,1H3,(H,21,22). The number of piperazine rings is 1. The summed E-state index contributed by atoms with van der Waals surface area (Å²) in [7, 11) is 0. The number of amides is 2. The van der Waals surface area contributed by atoms with Gasteiger partial charge in [0.1, 0.15) is 5.82 Å². The van der Waals surface area contributed by atoms with Gasteiger partial charge in [-0.1, -0.05) is 29.3 Å². The van der Waals surface area contributed by atoms with Crippen LogP contribution in [0.1, 0.15) is 17.3 Å². The van der Waals surface area contributed by atoms with Gasteiger partial charge in [0.2, 0.25) is 5.91 Å². The van der Waals surface area contributed by atoms with Gasteiger partial charge in [0, 0.05) is 44.9 Å². The fourth-order valence-corrected chi connectivity index (χ4v) is 3.28. The van der Waals surface area contributed by atoms with Gasteiger partial charge in [0.25, 0.3) is 5.91 Å². The minimum absolute atomic E-state index is 0.0316. The average Bonchev–Trinajstić information content (AvgIpc) is 2.64. The number of para-hydroxylation sites is 1. The number of aromatic nitrogens is 1. The number of hydrogen-bond donors (Lipinski definition) is 1. The van der Waals surface area contributed by atoms with E-state index in [1.165, 1.54) is 6.92 Å². The largest absolute Gasteiger partial charge is 0.339 e. The highest BCUT2D eigenvalue weighted by Crippen LogP contribution is 2.32. The molecule has 3 rings (SSSR count). The SMILES string of the molecule is CC(=O)N1CCN(C(=O)c2ccnc(Nc3c(Cl)cccc3Cl)c2)CC1. The highest BCUT2D eigenvalue weighted by Gasteiger charge is 2.23. The highest BCUT2D eigenvalue weighted by molar-refractivity contribution is 6.39. The van der Waals surface area contributed by atoms with Crippen LogP contribution >= 0.6 is 23.2 Å². The Bertz CT molecular complexity index is 815. The molecule has 1 aliphatic heterocycles. The normalized spacial score (nSPS) is 14.3. The number of halogens is 2. The van der Waals surface area contributed by atoms with Crippen LogP contribution in [0.25, 0.3) is 0 Å². The summed E-state index contributed by atoms with van der Waals surface area (Å²) in [6.07, 6.45) is 1.56. The first-order valence-corrected chi connectivity index (χ1v) is 8.93. The van der Waals surface area contributed by atoms with Gasteiger partial charge in [-0.05, 0) is 24.3 Å². The summed E-state index contributed by atoms with van der Waals surface area (Å²) in [5.41, 5.74) is 1.06. The molecule has 1 fully saturated rings. The maximum absolute atomic E-state index is 12.7. The molecule has 2 aromatic rings. The van der Waals surface area contributed by atoms with Gasteiger partial charge < -0.3 is 15.1 Å². The van der Waals surface area contributed by atoms with Crippen molar-refractivity contribution in [3.63, 3.8) is 0 Å². The van der Waals surface area contributed by atoms with Crippen molar-refractivity contribution in [3.8, 4) is 0 Å². The Balaban J connectivity index is 1.73. The minimum atomic E-state index is -0.0936. The Morgan fingerprint density at radius 2 is 1.65 bits per heavy atom. The molecular weight excluding hydrogens is 375 g/mol. The van der Waals surface area contributed by atoms with Crippen LogP contribution in [0.2, 0.25) is 10.0 Å². The van der Waals surface area contributed by atoms with Crippen LogP contribution in [0.4, 0.5) is 11.5 Å². The predicted octanol–water partition coefficient (Wildman–Crippen LogP) is 3.44. The highest BCUT2D eigenvalue weighted by atomic mass is 35.5. The second kappa shape index (κ2) is 7.93. The van der Waals surface area contributed by atoms with Gasteiger partial charge >= 0.3 is 0 Å². The molecule has 26 heavy (non-hydrogen) atoms. The number of carbonyl (C=O) groups is 2. The number of nitrogens with one attached hydrogen (secondary N) is 1. The summed E-state index contributed by atoms with van der Waals surface area (Å²) >= 11 is 12.3. The van der Waals surface area contributed by atoms with E-state index in [4.69, 9.17) is 23.2 Å². The van der Waals surface area contributed by atoms with Crippen molar-refractivity contribution in [2.24, 2.45) is 0 Å². The maximum Gasteiger partial charge on any atom is 0.254 e. The molecule has 0 saturated carbocycles.